The van der Waals surface area contributed by atoms with Crippen LogP contribution >= 0.6 is 0 Å². The molecule has 14 nitrogen and oxygen atoms in total. The zero-order valence-corrected chi connectivity index (χ0v) is 32.6. The molecule has 57 heavy (non-hydrogen) atoms. The Morgan fingerprint density at radius 2 is 1.46 bits per heavy atom. The van der Waals surface area contributed by atoms with Gasteiger partial charge in [-0.25, -0.2) is 14.5 Å². The SMILES string of the molecule is CNC(CC(=O)O)C(=O)N(c1ccccc1)[C@](C(C)=O)(C(=O)OC(C)(C)C)N1C(=O)N(Cc2ccc(-c3ccccc3)cc2)[C@](C)(c2ccc(C=NN)cc2)C1=O. The lowest BCUT2D eigenvalue weighted by Gasteiger charge is -2.45. The third kappa shape index (κ3) is 8.03. The Bertz CT molecular complexity index is 2170. The first-order valence-electron chi connectivity index (χ1n) is 18.2. The summed E-state index contributed by atoms with van der Waals surface area (Å²) in [5, 5.41) is 16.0. The predicted molar refractivity (Wildman–Crippen MR) is 214 cm³/mol. The molecular weight excluding hydrogens is 729 g/mol. The van der Waals surface area contributed by atoms with Crippen molar-refractivity contribution in [3.05, 3.63) is 126 Å². The highest BCUT2D eigenvalue weighted by Gasteiger charge is 2.70. The number of carboxylic acids is 1. The number of esters is 1. The molecule has 0 aliphatic carbocycles. The van der Waals surface area contributed by atoms with E-state index in [2.05, 4.69) is 10.4 Å². The predicted octanol–water partition coefficient (Wildman–Crippen LogP) is 5.05. The molecule has 4 aromatic rings. The number of carbonyl (C=O) groups excluding carboxylic acids is 5. The Hall–Kier alpha value is -6.67. The highest BCUT2D eigenvalue weighted by atomic mass is 16.6. The number of Topliss-reactive ketones (excluding diaryl/α,β-unsaturated/α-hetero) is 1. The van der Waals surface area contributed by atoms with Gasteiger partial charge >= 0.3 is 18.0 Å². The number of hydrazone groups is 1. The molecule has 3 atom stereocenters. The van der Waals surface area contributed by atoms with E-state index in [0.717, 1.165) is 18.1 Å². The quantitative estimate of drug-likeness (QED) is 0.0390. The number of carbonyl (C=O) groups is 6. The van der Waals surface area contributed by atoms with Gasteiger partial charge in [0, 0.05) is 12.2 Å². The molecule has 0 saturated carbocycles. The van der Waals surface area contributed by atoms with Gasteiger partial charge in [-0.1, -0.05) is 97.1 Å². The number of benzene rings is 4. The molecule has 296 valence electrons. The Balaban J connectivity index is 1.80. The number of carboxylic acid groups (broad SMARTS) is 1. The van der Waals surface area contributed by atoms with Crippen molar-refractivity contribution in [2.24, 2.45) is 10.9 Å². The maximum absolute atomic E-state index is 15.5. The van der Waals surface area contributed by atoms with Gasteiger partial charge < -0.3 is 25.9 Å². The average Bonchev–Trinajstić information content (AvgIpc) is 3.36. The molecule has 1 heterocycles. The number of para-hydroxylation sites is 1. The normalized spacial score (nSPS) is 17.3. The molecule has 5 rings (SSSR count). The minimum Gasteiger partial charge on any atom is -0.481 e. The molecule has 1 saturated heterocycles. The van der Waals surface area contributed by atoms with Gasteiger partial charge in [-0.2, -0.15) is 5.10 Å². The van der Waals surface area contributed by atoms with Gasteiger partial charge in [0.2, 0.25) is 5.91 Å². The lowest BCUT2D eigenvalue weighted by Crippen LogP contribution is -2.75. The number of nitrogens with two attached hydrogens (primary N) is 1. The fourth-order valence-electron chi connectivity index (χ4n) is 6.90. The number of hydrogen-bond donors (Lipinski definition) is 3. The first kappa shape index (κ1) is 41.5. The summed E-state index contributed by atoms with van der Waals surface area (Å²) >= 11 is 0. The fraction of sp³-hybridized carbons (Fsp3) is 0.279. The molecule has 4 amide bonds. The molecular formula is C43H46N6O8. The van der Waals surface area contributed by atoms with Gasteiger partial charge in [-0.05, 0) is 81.6 Å². The van der Waals surface area contributed by atoms with Crippen molar-refractivity contribution in [3.63, 3.8) is 0 Å². The van der Waals surface area contributed by atoms with Crippen LogP contribution in [0.1, 0.15) is 57.7 Å². The standard InChI is InChI=1S/C43H46N6O8/c1-28(50)43(39(55)57-41(2,3)4,48(34-15-11-8-12-16-34)37(53)35(45-6)25-36(51)52)49-38(54)42(5,33-23-19-29(20-24-33)26-46-44)47(40(49)56)27-30-17-21-32(22-18-30)31-13-9-7-10-14-31/h7-24,26,35,45H,25,27,44H2,1-6H3,(H,51,52)/t35?,42-,43+/m1/s1. The van der Waals surface area contributed by atoms with E-state index in [9.17, 15) is 24.3 Å². The smallest absolute Gasteiger partial charge is 0.363 e. The van der Waals surface area contributed by atoms with Crippen molar-refractivity contribution in [1.82, 2.24) is 15.1 Å². The summed E-state index contributed by atoms with van der Waals surface area (Å²) in [6.45, 7) is 6.87. The van der Waals surface area contributed by atoms with E-state index in [1.807, 2.05) is 42.5 Å². The first-order valence-corrected chi connectivity index (χ1v) is 18.2. The number of rotatable bonds is 14. The number of imide groups is 1. The van der Waals surface area contributed by atoms with E-state index in [0.29, 0.717) is 26.5 Å². The largest absolute Gasteiger partial charge is 0.481 e. The van der Waals surface area contributed by atoms with Crippen LogP contribution < -0.4 is 16.1 Å². The van der Waals surface area contributed by atoms with Crippen LogP contribution in [0, 0.1) is 0 Å². The van der Waals surface area contributed by atoms with Gasteiger partial charge in [-0.15, -0.1) is 0 Å². The van der Waals surface area contributed by atoms with Crippen LogP contribution in [-0.4, -0.2) is 81.0 Å². The first-order chi connectivity index (χ1) is 27.0. The van der Waals surface area contributed by atoms with Gasteiger partial charge in [0.25, 0.3) is 11.6 Å². The van der Waals surface area contributed by atoms with Crippen LogP contribution in [-0.2, 0) is 40.8 Å². The molecule has 14 heteroatoms. The number of nitrogens with one attached hydrogen (secondary N) is 1. The minimum absolute atomic E-state index is 0.0862. The number of nitrogens with zero attached hydrogens (tertiary/aromatic N) is 4. The van der Waals surface area contributed by atoms with E-state index in [-0.39, 0.29) is 12.2 Å². The van der Waals surface area contributed by atoms with Crippen LogP contribution in [0.3, 0.4) is 0 Å². The van der Waals surface area contributed by atoms with Crippen LogP contribution in [0.25, 0.3) is 11.1 Å². The third-order valence-electron chi connectivity index (χ3n) is 9.76. The number of hydrogen-bond acceptors (Lipinski definition) is 10. The summed E-state index contributed by atoms with van der Waals surface area (Å²) in [5.41, 5.74) is -3.04. The number of urea groups is 1. The Morgan fingerprint density at radius 3 is 1.96 bits per heavy atom. The van der Waals surface area contributed by atoms with Crippen molar-refractivity contribution in [2.45, 2.75) is 70.4 Å². The number of ether oxygens (including phenoxy) is 1. The molecule has 0 radical (unpaired) electrons. The molecule has 4 N–H and O–H groups in total. The summed E-state index contributed by atoms with van der Waals surface area (Å²) in [4.78, 5) is 89.7. The molecule has 0 bridgehead atoms. The maximum atomic E-state index is 15.5. The van der Waals surface area contributed by atoms with Crippen LogP contribution in [0.15, 0.2) is 114 Å². The van der Waals surface area contributed by atoms with Gasteiger partial charge in [0.15, 0.2) is 5.78 Å². The fourth-order valence-corrected chi connectivity index (χ4v) is 6.90. The van der Waals surface area contributed by atoms with Gasteiger partial charge in [-0.3, -0.25) is 24.1 Å². The molecule has 1 fully saturated rings. The number of anilines is 1. The van der Waals surface area contributed by atoms with E-state index >= 15 is 9.59 Å². The summed E-state index contributed by atoms with van der Waals surface area (Å²) in [7, 11) is 1.34. The third-order valence-corrected chi connectivity index (χ3v) is 9.76. The topological polar surface area (TPSA) is 192 Å². The highest BCUT2D eigenvalue weighted by molar-refractivity contribution is 6.24. The maximum Gasteiger partial charge on any atom is 0.363 e. The van der Waals surface area contributed by atoms with Crippen LogP contribution in [0.2, 0.25) is 0 Å². The van der Waals surface area contributed by atoms with Crippen LogP contribution in [0.5, 0.6) is 0 Å². The lowest BCUT2D eigenvalue weighted by atomic mass is 9.88. The molecule has 1 aliphatic rings. The minimum atomic E-state index is -3.12. The van der Waals surface area contributed by atoms with Gasteiger partial charge in [0.1, 0.15) is 11.1 Å². The summed E-state index contributed by atoms with van der Waals surface area (Å²) < 4.78 is 5.86. The average molecular weight is 775 g/mol. The van der Waals surface area contributed by atoms with Crippen molar-refractivity contribution >= 4 is 47.5 Å². The Kier molecular flexibility index (Phi) is 12.1. The van der Waals surface area contributed by atoms with E-state index < -0.39 is 64.8 Å². The van der Waals surface area contributed by atoms with E-state index in [4.69, 9.17) is 10.6 Å². The number of aliphatic carboxylic acids is 1. The summed E-state index contributed by atoms with van der Waals surface area (Å²) in [6, 6.07) is 28.4. The Morgan fingerprint density at radius 1 is 0.895 bits per heavy atom. The molecule has 1 unspecified atom stereocenters. The van der Waals surface area contributed by atoms with Crippen molar-refractivity contribution in [1.29, 1.82) is 0 Å². The zero-order valence-electron chi connectivity index (χ0n) is 32.6. The van der Waals surface area contributed by atoms with Crippen molar-refractivity contribution < 1.29 is 38.6 Å². The molecule has 4 aromatic carbocycles. The second kappa shape index (κ2) is 16.6. The number of ketones is 1. The second-order valence-electron chi connectivity index (χ2n) is 14.7. The summed E-state index contributed by atoms with van der Waals surface area (Å²) in [5.74, 6) is -0.625. The molecule has 0 aromatic heterocycles. The van der Waals surface area contributed by atoms with Crippen LogP contribution in [0.4, 0.5) is 10.5 Å². The van der Waals surface area contributed by atoms with Crippen molar-refractivity contribution in [2.75, 3.05) is 11.9 Å². The van der Waals surface area contributed by atoms with Gasteiger partial charge in [0.05, 0.1) is 18.7 Å². The number of likely N-dealkylation sites (N-methyl/N-ethyl adjacent to an activating group) is 1. The highest BCUT2D eigenvalue weighted by Crippen LogP contribution is 2.45. The number of amides is 4. The molecule has 0 spiro atoms. The second-order valence-corrected chi connectivity index (χ2v) is 14.7. The van der Waals surface area contributed by atoms with E-state index in [1.165, 1.54) is 70.1 Å². The Labute approximate surface area is 330 Å². The zero-order chi connectivity index (χ0) is 41.7. The molecule has 1 aliphatic heterocycles. The van der Waals surface area contributed by atoms with E-state index in [1.54, 1.807) is 42.5 Å². The monoisotopic (exact) mass is 774 g/mol. The summed E-state index contributed by atoms with van der Waals surface area (Å²) in [6.07, 6.45) is 0.623. The lowest BCUT2D eigenvalue weighted by molar-refractivity contribution is -0.174. The van der Waals surface area contributed by atoms with Crippen molar-refractivity contribution in [3.8, 4) is 11.1 Å².